The number of anilines is 1. The van der Waals surface area contributed by atoms with E-state index < -0.39 is 11.9 Å². The van der Waals surface area contributed by atoms with E-state index in [0.717, 1.165) is 25.1 Å². The van der Waals surface area contributed by atoms with Crippen LogP contribution in [0.15, 0.2) is 12.3 Å². The number of carbonyl (C=O) groups excluding carboxylic acids is 1. The number of rotatable bonds is 5. The maximum atomic E-state index is 12.4. The highest BCUT2D eigenvalue weighted by molar-refractivity contribution is 5.77. The van der Waals surface area contributed by atoms with Gasteiger partial charge in [0.05, 0.1) is 0 Å². The molecule has 0 radical (unpaired) electrons. The zero-order chi connectivity index (χ0) is 13.9. The van der Waals surface area contributed by atoms with E-state index in [1.165, 1.54) is 0 Å². The predicted octanol–water partition coefficient (Wildman–Crippen LogP) is 1.58. The molecule has 1 heterocycles. The molecule has 8 heteroatoms. The average molecular weight is 274 g/mol. The third-order valence-electron chi connectivity index (χ3n) is 2.52. The van der Waals surface area contributed by atoms with E-state index in [9.17, 15) is 18.0 Å². The fourth-order valence-electron chi connectivity index (χ4n) is 1.42. The van der Waals surface area contributed by atoms with Gasteiger partial charge < -0.3 is 10.6 Å². The van der Waals surface area contributed by atoms with Crippen LogP contribution < -0.4 is 10.6 Å². The van der Waals surface area contributed by atoms with Crippen molar-refractivity contribution in [3.8, 4) is 0 Å². The van der Waals surface area contributed by atoms with E-state index in [2.05, 4.69) is 20.6 Å². The molecule has 0 atom stereocenters. The summed E-state index contributed by atoms with van der Waals surface area (Å²) in [5.41, 5.74) is -1.01. The third kappa shape index (κ3) is 4.38. The van der Waals surface area contributed by atoms with Gasteiger partial charge in [0.15, 0.2) is 0 Å². The number of carbonyl (C=O) groups is 1. The van der Waals surface area contributed by atoms with Gasteiger partial charge in [-0.25, -0.2) is 9.97 Å². The van der Waals surface area contributed by atoms with Crippen LogP contribution in [0.1, 0.15) is 25.0 Å². The third-order valence-corrected chi connectivity index (χ3v) is 2.52. The highest BCUT2D eigenvalue weighted by Gasteiger charge is 2.32. The molecular formula is C11H13F3N4O. The lowest BCUT2D eigenvalue weighted by Crippen LogP contribution is -2.27. The van der Waals surface area contributed by atoms with Crippen LogP contribution in [0.2, 0.25) is 0 Å². The van der Waals surface area contributed by atoms with Crippen molar-refractivity contribution in [1.82, 2.24) is 15.3 Å². The lowest BCUT2D eigenvalue weighted by atomic mass is 10.4. The molecule has 19 heavy (non-hydrogen) atoms. The Bertz CT molecular complexity index is 459. The van der Waals surface area contributed by atoms with Gasteiger partial charge in [-0.05, 0) is 18.9 Å². The van der Waals surface area contributed by atoms with Gasteiger partial charge in [-0.1, -0.05) is 0 Å². The summed E-state index contributed by atoms with van der Waals surface area (Å²) < 4.78 is 37.2. The van der Waals surface area contributed by atoms with E-state index in [1.807, 2.05) is 0 Å². The second kappa shape index (κ2) is 5.41. The van der Waals surface area contributed by atoms with Crippen LogP contribution in [0.25, 0.3) is 0 Å². The second-order valence-electron chi connectivity index (χ2n) is 4.28. The Balaban J connectivity index is 1.80. The summed E-state index contributed by atoms with van der Waals surface area (Å²) in [6, 6.07) is 1.07. The highest BCUT2D eigenvalue weighted by atomic mass is 19.4. The number of amides is 1. The molecule has 0 spiro atoms. The van der Waals surface area contributed by atoms with Crippen LogP contribution in [-0.4, -0.2) is 28.5 Å². The van der Waals surface area contributed by atoms with E-state index in [0.29, 0.717) is 0 Å². The summed E-state index contributed by atoms with van der Waals surface area (Å²) in [5.74, 6) is -0.254. The van der Waals surface area contributed by atoms with E-state index in [1.54, 1.807) is 0 Å². The zero-order valence-electron chi connectivity index (χ0n) is 10.00. The maximum absolute atomic E-state index is 12.4. The topological polar surface area (TPSA) is 66.9 Å². The molecule has 0 saturated heterocycles. The first-order chi connectivity index (χ1) is 8.95. The number of nitrogens with one attached hydrogen (secondary N) is 2. The summed E-state index contributed by atoms with van der Waals surface area (Å²) >= 11 is 0. The molecule has 0 bridgehead atoms. The number of nitrogens with zero attached hydrogens (tertiary/aromatic N) is 2. The van der Waals surface area contributed by atoms with Crippen molar-refractivity contribution in [2.45, 2.75) is 31.5 Å². The fraction of sp³-hybridized carbons (Fsp3) is 0.545. The van der Waals surface area contributed by atoms with Crippen molar-refractivity contribution >= 4 is 11.9 Å². The van der Waals surface area contributed by atoms with Crippen molar-refractivity contribution in [2.24, 2.45) is 0 Å². The standard InChI is InChI=1S/C11H13F3N4O/c12-11(13,14)8-3-5-15-10(18-8)16-6-4-9(19)17-7-1-2-7/h3,5,7H,1-2,4,6H2,(H,17,19)(H,15,16,18). The van der Waals surface area contributed by atoms with Crippen LogP contribution in [0, 0.1) is 0 Å². The molecule has 1 amide bonds. The number of halogens is 3. The molecular weight excluding hydrogens is 261 g/mol. The summed E-state index contributed by atoms with van der Waals surface area (Å²) in [6.07, 6.45) is -1.30. The van der Waals surface area contributed by atoms with Crippen LogP contribution >= 0.6 is 0 Å². The highest BCUT2D eigenvalue weighted by Crippen LogP contribution is 2.27. The molecule has 2 N–H and O–H groups in total. The number of hydrogen-bond donors (Lipinski definition) is 2. The lowest BCUT2D eigenvalue weighted by molar-refractivity contribution is -0.141. The molecule has 5 nitrogen and oxygen atoms in total. The van der Waals surface area contributed by atoms with Gasteiger partial charge in [0.25, 0.3) is 0 Å². The van der Waals surface area contributed by atoms with Gasteiger partial charge >= 0.3 is 6.18 Å². The Morgan fingerprint density at radius 2 is 2.16 bits per heavy atom. The summed E-state index contributed by atoms with van der Waals surface area (Å²) in [4.78, 5) is 18.3. The Morgan fingerprint density at radius 3 is 2.79 bits per heavy atom. The van der Waals surface area contributed by atoms with Crippen molar-refractivity contribution in [3.63, 3.8) is 0 Å². The molecule has 1 aliphatic rings. The molecule has 2 rings (SSSR count). The van der Waals surface area contributed by atoms with Crippen molar-refractivity contribution < 1.29 is 18.0 Å². The van der Waals surface area contributed by atoms with Crippen molar-refractivity contribution in [2.75, 3.05) is 11.9 Å². The smallest absolute Gasteiger partial charge is 0.354 e. The van der Waals surface area contributed by atoms with Crippen LogP contribution in [0.4, 0.5) is 19.1 Å². The van der Waals surface area contributed by atoms with Gasteiger partial charge in [-0.15, -0.1) is 0 Å². The Hall–Kier alpha value is -1.86. The van der Waals surface area contributed by atoms with Crippen LogP contribution in [0.5, 0.6) is 0 Å². The minimum atomic E-state index is -4.50. The monoisotopic (exact) mass is 274 g/mol. The predicted molar refractivity (Wildman–Crippen MR) is 61.3 cm³/mol. The van der Waals surface area contributed by atoms with Crippen LogP contribution in [0.3, 0.4) is 0 Å². The van der Waals surface area contributed by atoms with Crippen molar-refractivity contribution in [1.29, 1.82) is 0 Å². The fourth-order valence-corrected chi connectivity index (χ4v) is 1.42. The molecule has 1 fully saturated rings. The maximum Gasteiger partial charge on any atom is 0.433 e. The normalized spacial score (nSPS) is 15.1. The molecule has 1 aromatic heterocycles. The molecule has 104 valence electrons. The Labute approximate surface area is 107 Å². The minimum Gasteiger partial charge on any atom is -0.354 e. The summed E-state index contributed by atoms with van der Waals surface area (Å²) in [6.45, 7) is 0.194. The van der Waals surface area contributed by atoms with Gasteiger partial charge in [-0.3, -0.25) is 4.79 Å². The Kier molecular flexibility index (Phi) is 3.87. The first-order valence-electron chi connectivity index (χ1n) is 5.88. The number of hydrogen-bond acceptors (Lipinski definition) is 4. The molecule has 0 aromatic carbocycles. The van der Waals surface area contributed by atoms with Gasteiger partial charge in [0.2, 0.25) is 11.9 Å². The average Bonchev–Trinajstić information content (AvgIpc) is 3.12. The van der Waals surface area contributed by atoms with Crippen LogP contribution in [-0.2, 0) is 11.0 Å². The SMILES string of the molecule is O=C(CCNc1nccc(C(F)(F)F)n1)NC1CC1. The van der Waals surface area contributed by atoms with Crippen molar-refractivity contribution in [3.05, 3.63) is 18.0 Å². The quantitative estimate of drug-likeness (QED) is 0.855. The minimum absolute atomic E-state index is 0.123. The van der Waals surface area contributed by atoms with Gasteiger partial charge in [-0.2, -0.15) is 13.2 Å². The molecule has 0 unspecified atom stereocenters. The van der Waals surface area contributed by atoms with E-state index in [-0.39, 0.29) is 30.9 Å². The zero-order valence-corrected chi connectivity index (χ0v) is 10.00. The molecule has 0 aliphatic heterocycles. The van der Waals surface area contributed by atoms with E-state index in [4.69, 9.17) is 0 Å². The molecule has 1 saturated carbocycles. The number of aromatic nitrogens is 2. The largest absolute Gasteiger partial charge is 0.433 e. The summed E-state index contributed by atoms with van der Waals surface area (Å²) in [5, 5.41) is 5.37. The van der Waals surface area contributed by atoms with E-state index >= 15 is 0 Å². The first-order valence-corrected chi connectivity index (χ1v) is 5.88. The molecule has 1 aliphatic carbocycles. The second-order valence-corrected chi connectivity index (χ2v) is 4.28. The summed E-state index contributed by atoms with van der Waals surface area (Å²) in [7, 11) is 0. The van der Waals surface area contributed by atoms with Gasteiger partial charge in [0, 0.05) is 25.2 Å². The van der Waals surface area contributed by atoms with Gasteiger partial charge in [0.1, 0.15) is 5.69 Å². The Morgan fingerprint density at radius 1 is 1.42 bits per heavy atom. The lowest BCUT2D eigenvalue weighted by Gasteiger charge is -2.08. The first kappa shape index (κ1) is 13.6. The number of alkyl halides is 3. The molecule has 1 aromatic rings.